The van der Waals surface area contributed by atoms with Gasteiger partial charge in [-0.2, -0.15) is 0 Å². The first-order valence-electron chi connectivity index (χ1n) is 17.2. The molecule has 1 saturated heterocycles. The van der Waals surface area contributed by atoms with Crippen molar-refractivity contribution in [3.63, 3.8) is 0 Å². The number of hydrogen-bond acceptors (Lipinski definition) is 7. The Morgan fingerprint density at radius 2 is 1.78 bits per heavy atom. The summed E-state index contributed by atoms with van der Waals surface area (Å²) in [7, 11) is -3.88. The van der Waals surface area contributed by atoms with Crippen LogP contribution in [0.3, 0.4) is 0 Å². The van der Waals surface area contributed by atoms with E-state index in [2.05, 4.69) is 21.8 Å². The molecule has 1 amide bonds. The van der Waals surface area contributed by atoms with Crippen molar-refractivity contribution in [2.45, 2.75) is 88.6 Å². The minimum Gasteiger partial charge on any atom is -0.490 e. The number of fused-ring (bicyclic) bond motifs is 4. The van der Waals surface area contributed by atoms with Crippen molar-refractivity contribution in [2.24, 2.45) is 23.7 Å². The molecule has 2 bridgehead atoms. The number of rotatable bonds is 1. The highest BCUT2D eigenvalue weighted by Crippen LogP contribution is 2.49. The molecular weight excluding hydrogens is 624 g/mol. The van der Waals surface area contributed by atoms with Crippen LogP contribution in [0.4, 0.5) is 5.69 Å². The molecule has 1 spiro atoms. The van der Waals surface area contributed by atoms with Gasteiger partial charge in [-0.05, 0) is 118 Å². The summed E-state index contributed by atoms with van der Waals surface area (Å²) < 4.78 is 48.3. The van der Waals surface area contributed by atoms with E-state index in [-0.39, 0.29) is 23.5 Å². The van der Waals surface area contributed by atoms with Crippen molar-refractivity contribution >= 4 is 33.2 Å². The highest BCUT2D eigenvalue weighted by Gasteiger charge is 2.46. The summed E-state index contributed by atoms with van der Waals surface area (Å²) >= 11 is 6.45. The molecule has 1 N–H and O–H groups in total. The van der Waals surface area contributed by atoms with Crippen LogP contribution in [0.2, 0.25) is 5.02 Å². The highest BCUT2D eigenvalue weighted by atomic mass is 35.5. The van der Waals surface area contributed by atoms with Crippen LogP contribution < -0.4 is 14.4 Å². The number of ether oxygens (including phenoxy) is 3. The van der Waals surface area contributed by atoms with E-state index in [1.807, 2.05) is 25.1 Å². The van der Waals surface area contributed by atoms with Gasteiger partial charge >= 0.3 is 0 Å². The summed E-state index contributed by atoms with van der Waals surface area (Å²) in [6.45, 7) is 7.21. The first-order valence-corrected chi connectivity index (χ1v) is 19.2. The monoisotopic (exact) mass is 670 g/mol. The van der Waals surface area contributed by atoms with Crippen molar-refractivity contribution in [3.05, 3.63) is 58.1 Å². The van der Waals surface area contributed by atoms with E-state index in [9.17, 15) is 13.2 Å². The number of anilines is 1. The van der Waals surface area contributed by atoms with Gasteiger partial charge in [-0.15, -0.1) is 0 Å². The number of carbonyl (C=O) groups is 1. The first kappa shape index (κ1) is 32.2. The van der Waals surface area contributed by atoms with E-state index in [1.54, 1.807) is 13.0 Å². The molecule has 8 nitrogen and oxygen atoms in total. The summed E-state index contributed by atoms with van der Waals surface area (Å²) in [6.07, 6.45) is 8.56. The lowest BCUT2D eigenvalue weighted by Gasteiger charge is -2.48. The zero-order valence-electron chi connectivity index (χ0n) is 27.0. The third-order valence-corrected chi connectivity index (χ3v) is 13.9. The Kier molecular flexibility index (Phi) is 9.07. The quantitative estimate of drug-likeness (QED) is 0.371. The highest BCUT2D eigenvalue weighted by molar-refractivity contribution is 7.90. The molecule has 1 saturated carbocycles. The van der Waals surface area contributed by atoms with E-state index >= 15 is 0 Å². The summed E-state index contributed by atoms with van der Waals surface area (Å²) in [6, 6.07) is 11.6. The van der Waals surface area contributed by atoms with E-state index in [0.29, 0.717) is 24.0 Å². The molecule has 5 aliphatic rings. The fraction of sp³-hybridized carbons (Fsp3) is 0.639. The van der Waals surface area contributed by atoms with Crippen LogP contribution in [0.25, 0.3) is 0 Å². The van der Waals surface area contributed by atoms with Gasteiger partial charge in [0.15, 0.2) is 6.29 Å². The number of nitrogens with zero attached hydrogens (tertiary/aromatic N) is 1. The summed E-state index contributed by atoms with van der Waals surface area (Å²) in [5.74, 6) is 1.17. The smallest absolute Gasteiger partial charge is 0.264 e. The molecule has 3 aliphatic heterocycles. The SMILES string of the molecule is C[C@@H]1[C@@H](C)CCC[C@@H](C2OCCCO2)[C@@H]2CC[C@H]2CN2C[C@@]3(CCCc4cc(Cl)ccc43)COc3ccc(cc32)C(=O)NS1(=O)=O. The molecule has 2 aromatic carbocycles. The van der Waals surface area contributed by atoms with Gasteiger partial charge in [0.1, 0.15) is 5.75 Å². The Balaban J connectivity index is 1.29. The second kappa shape index (κ2) is 12.9. The fourth-order valence-electron chi connectivity index (χ4n) is 8.73. The van der Waals surface area contributed by atoms with Gasteiger partial charge < -0.3 is 19.1 Å². The lowest BCUT2D eigenvalue weighted by Crippen LogP contribution is -2.50. The molecule has 0 radical (unpaired) electrons. The molecule has 3 heterocycles. The number of aryl methyl sites for hydroxylation is 1. The number of amides is 1. The second-order valence-electron chi connectivity index (χ2n) is 14.5. The van der Waals surface area contributed by atoms with Crippen molar-refractivity contribution in [2.75, 3.05) is 37.8 Å². The van der Waals surface area contributed by atoms with Crippen LogP contribution in [-0.4, -0.2) is 58.8 Å². The maximum Gasteiger partial charge on any atom is 0.264 e. The van der Waals surface area contributed by atoms with Crippen molar-refractivity contribution in [1.82, 2.24) is 4.72 Å². The van der Waals surface area contributed by atoms with Crippen molar-refractivity contribution in [1.29, 1.82) is 0 Å². The predicted octanol–water partition coefficient (Wildman–Crippen LogP) is 6.49. The summed E-state index contributed by atoms with van der Waals surface area (Å²) in [5, 5.41) is 0.0466. The van der Waals surface area contributed by atoms with E-state index in [4.69, 9.17) is 25.8 Å². The third-order valence-electron chi connectivity index (χ3n) is 11.7. The maximum atomic E-state index is 13.5. The average molecular weight is 671 g/mol. The zero-order chi connectivity index (χ0) is 32.1. The summed E-state index contributed by atoms with van der Waals surface area (Å²) in [5.41, 5.74) is 3.52. The molecule has 6 atom stereocenters. The molecule has 2 aliphatic carbocycles. The van der Waals surface area contributed by atoms with E-state index < -0.39 is 21.2 Å². The average Bonchev–Trinajstić information content (AvgIpc) is 3.18. The number of nitrogens with one attached hydrogen (secondary N) is 1. The Bertz CT molecular complexity index is 1560. The third kappa shape index (κ3) is 6.17. The van der Waals surface area contributed by atoms with Gasteiger partial charge in [0.2, 0.25) is 10.0 Å². The molecule has 46 heavy (non-hydrogen) atoms. The minimum absolute atomic E-state index is 0.107. The number of benzene rings is 2. The Hall–Kier alpha value is -2.33. The van der Waals surface area contributed by atoms with Gasteiger partial charge in [-0.25, -0.2) is 13.1 Å². The maximum absolute atomic E-state index is 13.5. The predicted molar refractivity (Wildman–Crippen MR) is 179 cm³/mol. The minimum atomic E-state index is -3.88. The molecule has 2 aromatic rings. The molecule has 7 rings (SSSR count). The first-order chi connectivity index (χ1) is 22.1. The lowest BCUT2D eigenvalue weighted by molar-refractivity contribution is -0.224. The molecular formula is C36H47ClN2O6S. The lowest BCUT2D eigenvalue weighted by atomic mass is 9.64. The number of carbonyl (C=O) groups excluding carboxylic acids is 1. The molecule has 10 heteroatoms. The standard InChI is InChI=1S/C36H47ClN2O6S/c1-23-6-3-8-30(35-43-16-5-17-44-35)29-12-9-27(29)20-39-21-36(15-4-7-25-18-28(37)11-13-31(25)36)22-45-33-14-10-26(19-32(33)39)34(40)38-46(41,42)24(23)2/h10-11,13-14,18-19,23-24,27,29-30,35H,3-9,12,15-17,20-22H2,1-2H3,(H,38,40)/t23-,24+,27-,29+,30+,36-/m0/s1. The van der Waals surface area contributed by atoms with Crippen LogP contribution in [0.15, 0.2) is 36.4 Å². The Morgan fingerprint density at radius 1 is 0.957 bits per heavy atom. The number of hydrogen-bond donors (Lipinski definition) is 1. The van der Waals surface area contributed by atoms with Crippen LogP contribution in [0, 0.1) is 23.7 Å². The van der Waals surface area contributed by atoms with Crippen LogP contribution in [-0.2, 0) is 31.3 Å². The van der Waals surface area contributed by atoms with Crippen molar-refractivity contribution < 1.29 is 27.4 Å². The van der Waals surface area contributed by atoms with Gasteiger partial charge in [-0.1, -0.05) is 31.0 Å². The second-order valence-corrected chi connectivity index (χ2v) is 17.0. The fourth-order valence-corrected chi connectivity index (χ4v) is 10.2. The molecule has 0 unspecified atom stereocenters. The number of halogens is 1. The Labute approximate surface area is 278 Å². The molecule has 0 aromatic heterocycles. The molecule has 250 valence electrons. The van der Waals surface area contributed by atoms with Gasteiger partial charge in [0, 0.05) is 35.0 Å². The normalized spacial score (nSPS) is 33.5. The largest absolute Gasteiger partial charge is 0.490 e. The van der Waals surface area contributed by atoms with Crippen LogP contribution >= 0.6 is 11.6 Å². The van der Waals surface area contributed by atoms with Crippen LogP contribution in [0.1, 0.15) is 86.7 Å². The van der Waals surface area contributed by atoms with Crippen LogP contribution in [0.5, 0.6) is 5.75 Å². The van der Waals surface area contributed by atoms with Gasteiger partial charge in [0.05, 0.1) is 30.8 Å². The summed E-state index contributed by atoms with van der Waals surface area (Å²) in [4.78, 5) is 15.9. The van der Waals surface area contributed by atoms with Crippen molar-refractivity contribution in [3.8, 4) is 5.75 Å². The van der Waals surface area contributed by atoms with E-state index in [1.165, 1.54) is 11.1 Å². The Morgan fingerprint density at radius 3 is 2.57 bits per heavy atom. The number of sulfonamides is 1. The molecule has 2 fully saturated rings. The van der Waals surface area contributed by atoms with Gasteiger partial charge in [-0.3, -0.25) is 4.79 Å². The van der Waals surface area contributed by atoms with Gasteiger partial charge in [0.25, 0.3) is 5.91 Å². The van der Waals surface area contributed by atoms with E-state index in [0.717, 1.165) is 101 Å². The topological polar surface area (TPSA) is 94.2 Å². The zero-order valence-corrected chi connectivity index (χ0v) is 28.6.